The summed E-state index contributed by atoms with van der Waals surface area (Å²) in [6, 6.07) is 0.101. The lowest BCUT2D eigenvalue weighted by Crippen LogP contribution is -2.55. The summed E-state index contributed by atoms with van der Waals surface area (Å²) >= 11 is 0. The van der Waals surface area contributed by atoms with Gasteiger partial charge in [-0.3, -0.25) is 14.4 Å². The van der Waals surface area contributed by atoms with Gasteiger partial charge in [0.2, 0.25) is 11.8 Å². The van der Waals surface area contributed by atoms with Crippen LogP contribution in [0.4, 0.5) is 0 Å². The molecule has 1 aliphatic heterocycles. The van der Waals surface area contributed by atoms with Crippen molar-refractivity contribution in [3.8, 4) is 0 Å². The van der Waals surface area contributed by atoms with E-state index in [0.717, 1.165) is 43.4 Å². The Kier molecular flexibility index (Phi) is 7.98. The number of esters is 1. The number of hydrogen-bond donors (Lipinski definition) is 0. The molecule has 218 valence electrons. The number of carbonyl (C=O) groups excluding carboxylic acids is 3. The van der Waals surface area contributed by atoms with Crippen LogP contribution in [0.3, 0.4) is 0 Å². The summed E-state index contributed by atoms with van der Waals surface area (Å²) in [5.74, 6) is 3.77. The first-order valence-corrected chi connectivity index (χ1v) is 15.9. The fraction of sp³-hybridized carbons (Fsp3) is 0.848. The maximum absolute atomic E-state index is 13.2. The monoisotopic (exact) mass is 540 g/mol. The molecule has 3 saturated carbocycles. The Morgan fingerprint density at radius 3 is 2.51 bits per heavy atom. The summed E-state index contributed by atoms with van der Waals surface area (Å²) in [5, 5.41) is 0. The van der Waals surface area contributed by atoms with Gasteiger partial charge in [-0.15, -0.1) is 0 Å². The minimum atomic E-state index is -0.149. The van der Waals surface area contributed by atoms with Crippen molar-refractivity contribution >= 4 is 17.8 Å². The number of allylic oxidation sites excluding steroid dienone is 1. The zero-order chi connectivity index (χ0) is 28.1. The molecule has 0 radical (unpaired) electrons. The molecular formula is C33H52N2O4. The molecule has 6 nitrogen and oxygen atoms in total. The van der Waals surface area contributed by atoms with Crippen LogP contribution < -0.4 is 0 Å². The minimum Gasteiger partial charge on any atom is -0.462 e. The van der Waals surface area contributed by atoms with E-state index in [1.807, 2.05) is 9.80 Å². The second kappa shape index (κ2) is 10.9. The van der Waals surface area contributed by atoms with Crippen molar-refractivity contribution in [1.82, 2.24) is 9.80 Å². The van der Waals surface area contributed by atoms with Crippen LogP contribution in [0, 0.1) is 40.4 Å². The Labute approximate surface area is 236 Å². The predicted octanol–water partition coefficient (Wildman–Crippen LogP) is 5.99. The van der Waals surface area contributed by atoms with E-state index in [1.54, 1.807) is 12.5 Å². The van der Waals surface area contributed by atoms with Crippen LogP contribution in [0.5, 0.6) is 0 Å². The van der Waals surface area contributed by atoms with Gasteiger partial charge in [0.15, 0.2) is 0 Å². The highest BCUT2D eigenvalue weighted by Crippen LogP contribution is 2.67. The number of nitrogens with zero attached hydrogens (tertiary/aromatic N) is 2. The normalized spacial score (nSPS) is 40.6. The van der Waals surface area contributed by atoms with Gasteiger partial charge in [-0.05, 0) is 98.7 Å². The number of piperazine rings is 1. The molecule has 0 unspecified atom stereocenters. The van der Waals surface area contributed by atoms with Gasteiger partial charge in [0.1, 0.15) is 6.10 Å². The van der Waals surface area contributed by atoms with E-state index in [4.69, 9.17) is 4.74 Å². The first-order chi connectivity index (χ1) is 18.4. The summed E-state index contributed by atoms with van der Waals surface area (Å²) in [7, 11) is 0. The summed E-state index contributed by atoms with van der Waals surface area (Å²) in [6.45, 7) is 14.7. The van der Waals surface area contributed by atoms with Gasteiger partial charge >= 0.3 is 5.97 Å². The SMILES string of the molecule is CC(=O)O[C@H]1CC[C@@]2(C)C(=CC[C@H]3[C@@H]4CC[C@H]([C@H](C)CCC(=O)N5CCN(C(C)=O)C[C@H]5C)[C@@]4(C)CC[C@@H]32)C1. The number of amides is 2. The van der Waals surface area contributed by atoms with Gasteiger partial charge in [0.05, 0.1) is 0 Å². The maximum atomic E-state index is 13.2. The third kappa shape index (κ3) is 5.19. The summed E-state index contributed by atoms with van der Waals surface area (Å²) in [4.78, 5) is 40.4. The van der Waals surface area contributed by atoms with Crippen LogP contribution in [-0.2, 0) is 19.1 Å². The lowest BCUT2D eigenvalue weighted by atomic mass is 9.47. The van der Waals surface area contributed by atoms with E-state index in [2.05, 4.69) is 33.8 Å². The molecule has 5 rings (SSSR count). The van der Waals surface area contributed by atoms with Crippen LogP contribution in [0.2, 0.25) is 0 Å². The maximum Gasteiger partial charge on any atom is 0.302 e. The lowest BCUT2D eigenvalue weighted by Gasteiger charge is -2.58. The molecule has 2 amide bonds. The average Bonchev–Trinajstić information content (AvgIpc) is 3.24. The van der Waals surface area contributed by atoms with E-state index in [0.29, 0.717) is 43.3 Å². The Morgan fingerprint density at radius 1 is 1.05 bits per heavy atom. The smallest absolute Gasteiger partial charge is 0.302 e. The van der Waals surface area contributed by atoms with Crippen molar-refractivity contribution in [2.24, 2.45) is 40.4 Å². The van der Waals surface area contributed by atoms with E-state index < -0.39 is 0 Å². The van der Waals surface area contributed by atoms with E-state index in [9.17, 15) is 14.4 Å². The van der Waals surface area contributed by atoms with E-state index in [1.165, 1.54) is 39.0 Å². The Morgan fingerprint density at radius 2 is 1.82 bits per heavy atom. The number of fused-ring (bicyclic) bond motifs is 5. The van der Waals surface area contributed by atoms with Crippen LogP contribution >= 0.6 is 0 Å². The van der Waals surface area contributed by atoms with Crippen molar-refractivity contribution in [2.75, 3.05) is 19.6 Å². The standard InChI is InChI=1S/C33H52N2O4/c1-21(7-12-31(38)35-18-17-34(23(3)36)20-22(35)2)28-10-11-29-27-9-8-25-19-26(39-24(4)37)13-15-32(25,5)30(27)14-16-33(28,29)6/h8,21-22,26-30H,7,9-20H2,1-6H3/t21-,22-,26+,27+,28-,29+,30+,32+,33-/m1/s1. The van der Waals surface area contributed by atoms with Crippen molar-refractivity contribution in [1.29, 1.82) is 0 Å². The van der Waals surface area contributed by atoms with Crippen LogP contribution in [-0.4, -0.2) is 59.4 Å². The van der Waals surface area contributed by atoms with Gasteiger partial charge in [0.25, 0.3) is 0 Å². The first kappa shape index (κ1) is 28.7. The molecule has 9 atom stereocenters. The third-order valence-corrected chi connectivity index (χ3v) is 12.4. The second-order valence-corrected chi connectivity index (χ2v) is 14.4. The zero-order valence-electron chi connectivity index (χ0n) is 25.3. The molecule has 4 aliphatic carbocycles. The molecule has 39 heavy (non-hydrogen) atoms. The highest BCUT2D eigenvalue weighted by Gasteiger charge is 2.59. The number of carbonyl (C=O) groups is 3. The molecule has 0 spiro atoms. The van der Waals surface area contributed by atoms with Crippen molar-refractivity contribution in [3.05, 3.63) is 11.6 Å². The largest absolute Gasteiger partial charge is 0.462 e. The van der Waals surface area contributed by atoms with Crippen LogP contribution in [0.15, 0.2) is 11.6 Å². The van der Waals surface area contributed by atoms with Gasteiger partial charge < -0.3 is 14.5 Å². The van der Waals surface area contributed by atoms with Gasteiger partial charge in [-0.2, -0.15) is 0 Å². The number of rotatable bonds is 5. The van der Waals surface area contributed by atoms with Crippen molar-refractivity contribution < 1.29 is 19.1 Å². The first-order valence-electron chi connectivity index (χ1n) is 15.9. The molecule has 5 aliphatic rings. The fourth-order valence-corrected chi connectivity index (χ4v) is 10.2. The molecule has 0 aromatic rings. The molecular weight excluding hydrogens is 488 g/mol. The topological polar surface area (TPSA) is 66.9 Å². The molecule has 0 N–H and O–H groups in total. The fourth-order valence-electron chi connectivity index (χ4n) is 10.2. The van der Waals surface area contributed by atoms with E-state index in [-0.39, 0.29) is 35.3 Å². The van der Waals surface area contributed by atoms with Gasteiger partial charge in [-0.25, -0.2) is 0 Å². The quantitative estimate of drug-likeness (QED) is 0.317. The molecule has 4 fully saturated rings. The highest BCUT2D eigenvalue weighted by molar-refractivity contribution is 5.78. The summed E-state index contributed by atoms with van der Waals surface area (Å²) < 4.78 is 5.62. The van der Waals surface area contributed by atoms with Crippen molar-refractivity contribution in [3.63, 3.8) is 0 Å². The molecule has 0 aromatic heterocycles. The van der Waals surface area contributed by atoms with Gasteiger partial charge in [0, 0.05) is 52.4 Å². The summed E-state index contributed by atoms with van der Waals surface area (Å²) in [6.07, 6.45) is 13.7. The van der Waals surface area contributed by atoms with Gasteiger partial charge in [-0.1, -0.05) is 32.4 Å². The molecule has 6 heteroatoms. The molecule has 1 saturated heterocycles. The Bertz CT molecular complexity index is 1010. The highest BCUT2D eigenvalue weighted by atomic mass is 16.5. The van der Waals surface area contributed by atoms with E-state index >= 15 is 0 Å². The minimum absolute atomic E-state index is 0.0626. The molecule has 0 aromatic carbocycles. The van der Waals surface area contributed by atoms with Crippen LogP contribution in [0.25, 0.3) is 0 Å². The second-order valence-electron chi connectivity index (χ2n) is 14.4. The average molecular weight is 541 g/mol. The number of hydrogen-bond acceptors (Lipinski definition) is 4. The third-order valence-electron chi connectivity index (χ3n) is 12.4. The molecule has 0 bridgehead atoms. The zero-order valence-corrected chi connectivity index (χ0v) is 25.3. The molecule has 1 heterocycles. The Hall–Kier alpha value is -1.85. The number of ether oxygens (including phenoxy) is 1. The predicted molar refractivity (Wildman–Crippen MR) is 153 cm³/mol. The van der Waals surface area contributed by atoms with Crippen molar-refractivity contribution in [2.45, 2.75) is 118 Å². The Balaban J connectivity index is 1.20. The lowest BCUT2D eigenvalue weighted by molar-refractivity contribution is -0.148. The van der Waals surface area contributed by atoms with Crippen LogP contribution in [0.1, 0.15) is 106 Å². The summed E-state index contributed by atoms with van der Waals surface area (Å²) in [5.41, 5.74) is 2.20.